The van der Waals surface area contributed by atoms with Crippen molar-refractivity contribution in [2.45, 2.75) is 38.8 Å². The Hall–Kier alpha value is -1.59. The van der Waals surface area contributed by atoms with E-state index in [1.807, 2.05) is 38.1 Å². The Labute approximate surface area is 139 Å². The topological polar surface area (TPSA) is 50.8 Å². The van der Waals surface area contributed by atoms with Gasteiger partial charge in [0.15, 0.2) is 0 Å². The van der Waals surface area contributed by atoms with Crippen molar-refractivity contribution < 1.29 is 14.3 Å². The Morgan fingerprint density at radius 1 is 1.43 bits per heavy atom. The van der Waals surface area contributed by atoms with E-state index in [9.17, 15) is 4.79 Å². The van der Waals surface area contributed by atoms with E-state index in [1.54, 1.807) is 7.11 Å². The van der Waals surface area contributed by atoms with Crippen LogP contribution in [0.1, 0.15) is 26.3 Å². The minimum Gasteiger partial charge on any atom is -0.496 e. The summed E-state index contributed by atoms with van der Waals surface area (Å²) in [6, 6.07) is 7.90. The number of hydrogen-bond acceptors (Lipinski definition) is 4. The molecule has 1 atom stereocenters. The normalized spacial score (nSPS) is 19.4. The molecule has 0 spiro atoms. The van der Waals surface area contributed by atoms with Gasteiger partial charge in [-0.1, -0.05) is 25.1 Å². The molecule has 1 aromatic carbocycles. The van der Waals surface area contributed by atoms with Gasteiger partial charge in [-0.15, -0.1) is 0 Å². The molecule has 1 N–H and O–H groups in total. The maximum atomic E-state index is 12.5. The summed E-state index contributed by atoms with van der Waals surface area (Å²) in [5.41, 5.74) is 0.712. The maximum absolute atomic E-state index is 12.5. The number of nitrogens with zero attached hydrogens (tertiary/aromatic N) is 1. The van der Waals surface area contributed by atoms with Crippen molar-refractivity contribution >= 4 is 5.91 Å². The first-order chi connectivity index (χ1) is 10.9. The first kappa shape index (κ1) is 17.8. The van der Waals surface area contributed by atoms with Crippen LogP contribution >= 0.6 is 0 Å². The van der Waals surface area contributed by atoms with Gasteiger partial charge < -0.3 is 14.8 Å². The molecule has 0 unspecified atom stereocenters. The third-order valence-electron chi connectivity index (χ3n) is 4.18. The molecule has 128 valence electrons. The molecule has 23 heavy (non-hydrogen) atoms. The van der Waals surface area contributed by atoms with Gasteiger partial charge in [-0.2, -0.15) is 0 Å². The van der Waals surface area contributed by atoms with E-state index in [4.69, 9.17) is 9.47 Å². The van der Waals surface area contributed by atoms with E-state index in [1.165, 1.54) is 0 Å². The number of likely N-dealkylation sites (N-methyl/N-ethyl adjacent to an activating group) is 1. The van der Waals surface area contributed by atoms with E-state index in [-0.39, 0.29) is 17.6 Å². The predicted octanol–water partition coefficient (Wildman–Crippen LogP) is 1.85. The van der Waals surface area contributed by atoms with Crippen LogP contribution in [0, 0.1) is 0 Å². The molecule has 0 saturated carbocycles. The monoisotopic (exact) mass is 320 g/mol. The van der Waals surface area contributed by atoms with Crippen molar-refractivity contribution in [2.24, 2.45) is 0 Å². The van der Waals surface area contributed by atoms with Gasteiger partial charge in [0.05, 0.1) is 13.7 Å². The van der Waals surface area contributed by atoms with Crippen molar-refractivity contribution in [3.8, 4) is 5.75 Å². The maximum Gasteiger partial charge on any atom is 0.250 e. The SMILES string of the molecule is CCN1CCO[C@H](C(=O)NC(C)(C)Cc2ccccc2OC)C1. The highest BCUT2D eigenvalue weighted by molar-refractivity contribution is 5.81. The number of morpholine rings is 1. The number of para-hydroxylation sites is 1. The molecule has 0 bridgehead atoms. The van der Waals surface area contributed by atoms with Crippen LogP contribution < -0.4 is 10.1 Å². The van der Waals surface area contributed by atoms with Crippen LogP contribution in [0.2, 0.25) is 0 Å². The average Bonchev–Trinajstić information content (AvgIpc) is 2.54. The van der Waals surface area contributed by atoms with Gasteiger partial charge in [-0.25, -0.2) is 0 Å². The number of methoxy groups -OCH3 is 1. The van der Waals surface area contributed by atoms with Crippen LogP contribution in [0.15, 0.2) is 24.3 Å². The highest BCUT2D eigenvalue weighted by Crippen LogP contribution is 2.23. The lowest BCUT2D eigenvalue weighted by molar-refractivity contribution is -0.140. The smallest absolute Gasteiger partial charge is 0.250 e. The Balaban J connectivity index is 1.98. The van der Waals surface area contributed by atoms with Crippen molar-refractivity contribution in [1.82, 2.24) is 10.2 Å². The molecule has 2 rings (SSSR count). The second-order valence-corrected chi connectivity index (χ2v) is 6.61. The van der Waals surface area contributed by atoms with E-state index in [0.29, 0.717) is 19.6 Å². The van der Waals surface area contributed by atoms with Crippen LogP contribution in [0.3, 0.4) is 0 Å². The zero-order valence-electron chi connectivity index (χ0n) is 14.6. The van der Waals surface area contributed by atoms with Crippen LogP contribution in [0.4, 0.5) is 0 Å². The molecule has 1 aromatic rings. The van der Waals surface area contributed by atoms with Gasteiger partial charge in [0.2, 0.25) is 0 Å². The lowest BCUT2D eigenvalue weighted by atomic mass is 9.94. The first-order valence-corrected chi connectivity index (χ1v) is 8.23. The zero-order valence-corrected chi connectivity index (χ0v) is 14.6. The van der Waals surface area contributed by atoms with Crippen molar-refractivity contribution in [3.05, 3.63) is 29.8 Å². The average molecular weight is 320 g/mol. The molecule has 1 aliphatic heterocycles. The van der Waals surface area contributed by atoms with E-state index in [2.05, 4.69) is 17.1 Å². The minimum atomic E-state index is -0.388. The van der Waals surface area contributed by atoms with Crippen LogP contribution in [-0.4, -0.2) is 55.8 Å². The van der Waals surface area contributed by atoms with Gasteiger partial charge in [-0.05, 0) is 38.4 Å². The van der Waals surface area contributed by atoms with Gasteiger partial charge in [0.25, 0.3) is 5.91 Å². The van der Waals surface area contributed by atoms with E-state index in [0.717, 1.165) is 24.4 Å². The Morgan fingerprint density at radius 3 is 2.87 bits per heavy atom. The molecule has 0 aliphatic carbocycles. The number of carbonyl (C=O) groups is 1. The van der Waals surface area contributed by atoms with Gasteiger partial charge in [-0.3, -0.25) is 9.69 Å². The van der Waals surface area contributed by atoms with E-state index >= 15 is 0 Å². The van der Waals surface area contributed by atoms with Crippen molar-refractivity contribution in [3.63, 3.8) is 0 Å². The van der Waals surface area contributed by atoms with Gasteiger partial charge in [0, 0.05) is 18.6 Å². The number of rotatable bonds is 6. The Kier molecular flexibility index (Phi) is 6.02. The summed E-state index contributed by atoms with van der Waals surface area (Å²) in [5.74, 6) is 0.809. The molecular weight excluding hydrogens is 292 g/mol. The second kappa shape index (κ2) is 7.79. The third-order valence-corrected chi connectivity index (χ3v) is 4.18. The molecule has 5 heteroatoms. The molecule has 0 radical (unpaired) electrons. The molecule has 1 saturated heterocycles. The van der Waals surface area contributed by atoms with Crippen molar-refractivity contribution in [2.75, 3.05) is 33.4 Å². The zero-order chi connectivity index (χ0) is 16.9. The number of benzene rings is 1. The highest BCUT2D eigenvalue weighted by Gasteiger charge is 2.30. The van der Waals surface area contributed by atoms with Gasteiger partial charge in [0.1, 0.15) is 11.9 Å². The van der Waals surface area contributed by atoms with Crippen molar-refractivity contribution in [1.29, 1.82) is 0 Å². The molecule has 5 nitrogen and oxygen atoms in total. The molecule has 1 heterocycles. The quantitative estimate of drug-likeness (QED) is 0.869. The summed E-state index contributed by atoms with van der Waals surface area (Å²) in [6.07, 6.45) is 0.313. The fraction of sp³-hybridized carbons (Fsp3) is 0.611. The largest absolute Gasteiger partial charge is 0.496 e. The summed E-state index contributed by atoms with van der Waals surface area (Å²) >= 11 is 0. The summed E-state index contributed by atoms with van der Waals surface area (Å²) in [6.45, 7) is 9.26. The number of nitrogens with one attached hydrogen (secondary N) is 1. The molecule has 1 amide bonds. The first-order valence-electron chi connectivity index (χ1n) is 8.23. The molecule has 0 aromatic heterocycles. The van der Waals surface area contributed by atoms with Crippen LogP contribution in [-0.2, 0) is 16.0 Å². The Morgan fingerprint density at radius 2 is 2.17 bits per heavy atom. The minimum absolute atomic E-state index is 0.0388. The predicted molar refractivity (Wildman–Crippen MR) is 90.8 cm³/mol. The van der Waals surface area contributed by atoms with Crippen LogP contribution in [0.5, 0.6) is 5.75 Å². The fourth-order valence-electron chi connectivity index (χ4n) is 2.93. The highest BCUT2D eigenvalue weighted by atomic mass is 16.5. The summed E-state index contributed by atoms with van der Waals surface area (Å²) in [5, 5.41) is 3.12. The number of ether oxygens (including phenoxy) is 2. The lowest BCUT2D eigenvalue weighted by Crippen LogP contribution is -2.55. The second-order valence-electron chi connectivity index (χ2n) is 6.61. The van der Waals surface area contributed by atoms with E-state index < -0.39 is 0 Å². The third kappa shape index (κ3) is 4.94. The molecular formula is C18H28N2O3. The van der Waals surface area contributed by atoms with Gasteiger partial charge >= 0.3 is 0 Å². The molecule has 1 fully saturated rings. The fourth-order valence-corrected chi connectivity index (χ4v) is 2.93. The standard InChI is InChI=1S/C18H28N2O3/c1-5-20-10-11-23-16(13-20)17(21)19-18(2,3)12-14-8-6-7-9-15(14)22-4/h6-9,16H,5,10-13H2,1-4H3,(H,19,21)/t16-/m0/s1. The summed E-state index contributed by atoms with van der Waals surface area (Å²) in [4.78, 5) is 14.8. The number of carbonyl (C=O) groups excluding carboxylic acids is 1. The molecule has 1 aliphatic rings. The number of hydrogen-bond donors (Lipinski definition) is 1. The lowest BCUT2D eigenvalue weighted by Gasteiger charge is -2.34. The Bertz CT molecular complexity index is 531. The number of amides is 1. The summed E-state index contributed by atoms with van der Waals surface area (Å²) < 4.78 is 11.0. The summed E-state index contributed by atoms with van der Waals surface area (Å²) in [7, 11) is 1.67. The van der Waals surface area contributed by atoms with Crippen LogP contribution in [0.25, 0.3) is 0 Å².